The van der Waals surface area contributed by atoms with Crippen LogP contribution in [0.3, 0.4) is 0 Å². The second-order valence-electron chi connectivity index (χ2n) is 6.56. The van der Waals surface area contributed by atoms with Crippen LogP contribution in [0.4, 0.5) is 0 Å². The lowest BCUT2D eigenvalue weighted by atomic mass is 10.1. The first-order chi connectivity index (χ1) is 15.9. The molecule has 0 radical (unpaired) electrons. The van der Waals surface area contributed by atoms with Gasteiger partial charge in [0.15, 0.2) is 16.7 Å². The second-order valence-corrected chi connectivity index (χ2v) is 7.50. The van der Waals surface area contributed by atoms with Crippen molar-refractivity contribution >= 4 is 23.8 Å². The summed E-state index contributed by atoms with van der Waals surface area (Å²) in [6, 6.07) is 6.41. The van der Waals surface area contributed by atoms with Crippen LogP contribution in [-0.4, -0.2) is 37.3 Å². The zero-order valence-electron chi connectivity index (χ0n) is 18.5. The van der Waals surface area contributed by atoms with Gasteiger partial charge in [0.25, 0.3) is 0 Å². The minimum absolute atomic E-state index is 0.213. The summed E-state index contributed by atoms with van der Waals surface area (Å²) in [6.07, 6.45) is 5.45. The van der Waals surface area contributed by atoms with E-state index in [1.54, 1.807) is 24.4 Å². The largest absolute Gasteiger partial charge is 0.493 e. The average molecular weight is 471 g/mol. The standard InChI is InChI=1S/C23H22N2O7S/c1-14-7-8-24-23(25-14)33-13-16-11-17(26)20(12-31-16)32-21(27)6-5-15-9-18(28-2)22(30-4)19(10-15)29-3/h5-12H,13H2,1-4H3/b6-5+. The molecule has 0 aliphatic rings. The van der Waals surface area contributed by atoms with E-state index in [4.69, 9.17) is 23.4 Å². The Hall–Kier alpha value is -3.79. The fraction of sp³-hybridized carbons (Fsp3) is 0.217. The van der Waals surface area contributed by atoms with E-state index in [2.05, 4.69) is 9.97 Å². The molecule has 9 nitrogen and oxygen atoms in total. The van der Waals surface area contributed by atoms with Gasteiger partial charge in [-0.3, -0.25) is 4.79 Å². The minimum Gasteiger partial charge on any atom is -0.493 e. The minimum atomic E-state index is -0.744. The summed E-state index contributed by atoms with van der Waals surface area (Å²) >= 11 is 1.33. The predicted molar refractivity (Wildman–Crippen MR) is 122 cm³/mol. The molecule has 0 saturated carbocycles. The molecule has 33 heavy (non-hydrogen) atoms. The molecule has 1 aromatic carbocycles. The van der Waals surface area contributed by atoms with Crippen molar-refractivity contribution < 1.29 is 28.2 Å². The van der Waals surface area contributed by atoms with Crippen LogP contribution in [0, 0.1) is 6.92 Å². The number of benzene rings is 1. The predicted octanol–water partition coefficient (Wildman–Crippen LogP) is 3.68. The first-order valence-corrected chi connectivity index (χ1v) is 10.7. The number of nitrogens with zero attached hydrogens (tertiary/aromatic N) is 2. The van der Waals surface area contributed by atoms with Gasteiger partial charge in [0.2, 0.25) is 16.9 Å². The summed E-state index contributed by atoms with van der Waals surface area (Å²) in [7, 11) is 4.49. The zero-order valence-corrected chi connectivity index (χ0v) is 19.3. The molecule has 0 unspecified atom stereocenters. The maximum Gasteiger partial charge on any atom is 0.336 e. The molecule has 0 aliphatic heterocycles. The molecule has 0 amide bonds. The van der Waals surface area contributed by atoms with Crippen LogP contribution in [0.25, 0.3) is 6.08 Å². The van der Waals surface area contributed by atoms with E-state index >= 15 is 0 Å². The first-order valence-electron chi connectivity index (χ1n) is 9.67. The van der Waals surface area contributed by atoms with Gasteiger partial charge in [-0.05, 0) is 36.8 Å². The highest BCUT2D eigenvalue weighted by molar-refractivity contribution is 7.98. The number of esters is 1. The molecule has 0 fully saturated rings. The fourth-order valence-electron chi connectivity index (χ4n) is 2.72. The van der Waals surface area contributed by atoms with Crippen LogP contribution < -0.4 is 24.4 Å². The summed E-state index contributed by atoms with van der Waals surface area (Å²) < 4.78 is 26.4. The number of hydrogen-bond acceptors (Lipinski definition) is 10. The van der Waals surface area contributed by atoms with E-state index in [0.717, 1.165) is 12.0 Å². The maximum atomic E-state index is 12.3. The molecule has 172 valence electrons. The molecule has 0 saturated heterocycles. The quantitative estimate of drug-likeness (QED) is 0.199. The number of rotatable bonds is 9. The van der Waals surface area contributed by atoms with Crippen molar-refractivity contribution in [1.82, 2.24) is 9.97 Å². The van der Waals surface area contributed by atoms with Gasteiger partial charge in [0.1, 0.15) is 12.0 Å². The Labute approximate surface area is 194 Å². The van der Waals surface area contributed by atoms with Gasteiger partial charge >= 0.3 is 5.97 Å². The van der Waals surface area contributed by atoms with Crippen molar-refractivity contribution in [3.05, 3.63) is 70.0 Å². The number of methoxy groups -OCH3 is 3. The van der Waals surface area contributed by atoms with Crippen molar-refractivity contribution in [1.29, 1.82) is 0 Å². The van der Waals surface area contributed by atoms with Gasteiger partial charge in [0, 0.05) is 24.0 Å². The van der Waals surface area contributed by atoms with Gasteiger partial charge in [-0.1, -0.05) is 11.8 Å². The fourth-order valence-corrected chi connectivity index (χ4v) is 3.49. The van der Waals surface area contributed by atoms with Crippen molar-refractivity contribution in [3.8, 4) is 23.0 Å². The van der Waals surface area contributed by atoms with Crippen LogP contribution >= 0.6 is 11.8 Å². The van der Waals surface area contributed by atoms with E-state index in [9.17, 15) is 9.59 Å². The van der Waals surface area contributed by atoms with Crippen LogP contribution in [0.15, 0.2) is 57.2 Å². The molecule has 0 atom stereocenters. The molecule has 0 bridgehead atoms. The molecule has 10 heteroatoms. The molecule has 3 rings (SSSR count). The number of aromatic nitrogens is 2. The smallest absolute Gasteiger partial charge is 0.336 e. The third-order valence-electron chi connectivity index (χ3n) is 4.28. The van der Waals surface area contributed by atoms with E-state index in [0.29, 0.717) is 39.5 Å². The van der Waals surface area contributed by atoms with Crippen molar-refractivity contribution in [2.75, 3.05) is 21.3 Å². The van der Waals surface area contributed by atoms with Crippen LogP contribution in [0.2, 0.25) is 0 Å². The number of carbonyl (C=O) groups is 1. The summed E-state index contributed by atoms with van der Waals surface area (Å²) in [5.41, 5.74) is 0.978. The number of thioether (sulfide) groups is 1. The highest BCUT2D eigenvalue weighted by atomic mass is 32.2. The number of hydrogen-bond donors (Lipinski definition) is 0. The van der Waals surface area contributed by atoms with Crippen molar-refractivity contribution in [3.63, 3.8) is 0 Å². The summed E-state index contributed by atoms with van der Waals surface area (Å²) in [5.74, 6) is 1.12. The molecule has 0 N–H and O–H groups in total. The lowest BCUT2D eigenvalue weighted by Gasteiger charge is -2.12. The third kappa shape index (κ3) is 6.36. The molecule has 2 aromatic heterocycles. The molecular weight excluding hydrogens is 448 g/mol. The number of ether oxygens (including phenoxy) is 4. The van der Waals surface area contributed by atoms with Crippen LogP contribution in [0.1, 0.15) is 17.0 Å². The first kappa shape index (κ1) is 23.9. The zero-order chi connectivity index (χ0) is 23.8. The molecule has 2 heterocycles. The van der Waals surface area contributed by atoms with Gasteiger partial charge in [-0.15, -0.1) is 0 Å². The Balaban J connectivity index is 1.65. The SMILES string of the molecule is COc1cc(/C=C/C(=O)Oc2coc(CSc3nccc(C)n3)cc2=O)cc(OC)c1OC. The Morgan fingerprint density at radius 1 is 1.09 bits per heavy atom. The topological polar surface area (TPSA) is 110 Å². The molecular formula is C23H22N2O7S. The van der Waals surface area contributed by atoms with E-state index in [1.807, 2.05) is 6.92 Å². The summed E-state index contributed by atoms with van der Waals surface area (Å²) in [5, 5.41) is 0.574. The van der Waals surface area contributed by atoms with Crippen molar-refractivity contribution in [2.24, 2.45) is 0 Å². The number of carbonyl (C=O) groups excluding carboxylic acids is 1. The van der Waals surface area contributed by atoms with Gasteiger partial charge in [0.05, 0.1) is 27.1 Å². The normalized spacial score (nSPS) is 10.8. The van der Waals surface area contributed by atoms with Crippen molar-refractivity contribution in [2.45, 2.75) is 17.8 Å². The molecule has 3 aromatic rings. The average Bonchev–Trinajstić information content (AvgIpc) is 2.82. The van der Waals surface area contributed by atoms with E-state index in [1.165, 1.54) is 51.3 Å². The lowest BCUT2D eigenvalue weighted by molar-refractivity contribution is -0.129. The lowest BCUT2D eigenvalue weighted by Crippen LogP contribution is -2.12. The monoisotopic (exact) mass is 470 g/mol. The Morgan fingerprint density at radius 3 is 2.42 bits per heavy atom. The van der Waals surface area contributed by atoms with Crippen LogP contribution in [0.5, 0.6) is 23.0 Å². The number of aryl methyl sites for hydroxylation is 1. The summed E-state index contributed by atoms with van der Waals surface area (Å²) in [6.45, 7) is 1.87. The Morgan fingerprint density at radius 2 is 1.82 bits per heavy atom. The van der Waals surface area contributed by atoms with Gasteiger partial charge in [-0.25, -0.2) is 14.8 Å². The maximum absolute atomic E-state index is 12.3. The Kier molecular flexibility index (Phi) is 8.09. The third-order valence-corrected chi connectivity index (χ3v) is 5.16. The summed E-state index contributed by atoms with van der Waals surface area (Å²) in [4.78, 5) is 32.9. The van der Waals surface area contributed by atoms with E-state index in [-0.39, 0.29) is 5.75 Å². The van der Waals surface area contributed by atoms with Gasteiger partial charge in [-0.2, -0.15) is 0 Å². The highest BCUT2D eigenvalue weighted by Crippen LogP contribution is 2.38. The Bertz CT molecular complexity index is 1200. The molecule has 0 aliphatic carbocycles. The second kappa shape index (κ2) is 11.2. The molecule has 0 spiro atoms. The van der Waals surface area contributed by atoms with Gasteiger partial charge < -0.3 is 23.4 Å². The van der Waals surface area contributed by atoms with Crippen LogP contribution in [-0.2, 0) is 10.5 Å². The van der Waals surface area contributed by atoms with E-state index < -0.39 is 11.4 Å². The highest BCUT2D eigenvalue weighted by Gasteiger charge is 2.13.